The fourth-order valence-corrected chi connectivity index (χ4v) is 3.55. The third-order valence-electron chi connectivity index (χ3n) is 4.71. The summed E-state index contributed by atoms with van der Waals surface area (Å²) in [6.07, 6.45) is 1.66. The SMILES string of the molecule is Oc1ccc2c(c1)C(Cc1c(O)ccc3ccccc13)NCC2. The van der Waals surface area contributed by atoms with Crippen LogP contribution in [-0.2, 0) is 12.8 Å². The molecule has 23 heavy (non-hydrogen) atoms. The van der Waals surface area contributed by atoms with Gasteiger partial charge >= 0.3 is 0 Å². The first-order valence-corrected chi connectivity index (χ1v) is 7.97. The highest BCUT2D eigenvalue weighted by Crippen LogP contribution is 2.34. The van der Waals surface area contributed by atoms with Gasteiger partial charge < -0.3 is 15.5 Å². The molecule has 3 nitrogen and oxygen atoms in total. The summed E-state index contributed by atoms with van der Waals surface area (Å²) in [5.74, 6) is 0.623. The van der Waals surface area contributed by atoms with Crippen LogP contribution in [0.25, 0.3) is 10.8 Å². The first-order chi connectivity index (χ1) is 11.2. The van der Waals surface area contributed by atoms with Crippen molar-refractivity contribution in [3.63, 3.8) is 0 Å². The molecule has 1 aliphatic heterocycles. The van der Waals surface area contributed by atoms with Gasteiger partial charge in [0.25, 0.3) is 0 Å². The van der Waals surface area contributed by atoms with E-state index in [1.54, 1.807) is 12.1 Å². The van der Waals surface area contributed by atoms with Crippen LogP contribution < -0.4 is 5.32 Å². The maximum atomic E-state index is 10.4. The van der Waals surface area contributed by atoms with Crippen molar-refractivity contribution in [3.8, 4) is 11.5 Å². The Hall–Kier alpha value is -2.52. The first-order valence-electron chi connectivity index (χ1n) is 7.97. The van der Waals surface area contributed by atoms with E-state index in [1.807, 2.05) is 30.3 Å². The summed E-state index contributed by atoms with van der Waals surface area (Å²) < 4.78 is 0. The molecule has 3 heteroatoms. The Labute approximate surface area is 135 Å². The van der Waals surface area contributed by atoms with Crippen molar-refractivity contribution >= 4 is 10.8 Å². The molecule has 1 heterocycles. The molecule has 0 fully saturated rings. The molecule has 116 valence electrons. The second kappa shape index (κ2) is 5.60. The number of hydrogen-bond donors (Lipinski definition) is 3. The minimum atomic E-state index is 0.0996. The lowest BCUT2D eigenvalue weighted by Gasteiger charge is -2.28. The second-order valence-electron chi connectivity index (χ2n) is 6.13. The summed E-state index contributed by atoms with van der Waals surface area (Å²) in [5, 5.41) is 25.9. The predicted octanol–water partition coefficient (Wildman–Crippen LogP) is 3.68. The molecule has 1 atom stereocenters. The number of phenols is 2. The first kappa shape index (κ1) is 14.1. The lowest BCUT2D eigenvalue weighted by molar-refractivity contribution is 0.449. The molecule has 0 saturated carbocycles. The number of fused-ring (bicyclic) bond motifs is 2. The van der Waals surface area contributed by atoms with E-state index in [0.29, 0.717) is 17.9 Å². The summed E-state index contributed by atoms with van der Waals surface area (Å²) in [6.45, 7) is 0.911. The van der Waals surface area contributed by atoms with Gasteiger partial charge in [0.05, 0.1) is 0 Å². The smallest absolute Gasteiger partial charge is 0.119 e. The van der Waals surface area contributed by atoms with Crippen molar-refractivity contribution in [3.05, 3.63) is 71.3 Å². The van der Waals surface area contributed by atoms with Gasteiger partial charge in [-0.15, -0.1) is 0 Å². The van der Waals surface area contributed by atoms with E-state index < -0.39 is 0 Å². The zero-order chi connectivity index (χ0) is 15.8. The van der Waals surface area contributed by atoms with Crippen LogP contribution in [-0.4, -0.2) is 16.8 Å². The van der Waals surface area contributed by atoms with E-state index in [2.05, 4.69) is 17.4 Å². The molecule has 1 unspecified atom stereocenters. The Morgan fingerprint density at radius 2 is 1.87 bits per heavy atom. The van der Waals surface area contributed by atoms with Gasteiger partial charge in [0.1, 0.15) is 11.5 Å². The molecule has 0 aromatic heterocycles. The Morgan fingerprint density at radius 1 is 1.00 bits per heavy atom. The molecule has 3 aromatic rings. The van der Waals surface area contributed by atoms with Gasteiger partial charge in [0.2, 0.25) is 0 Å². The predicted molar refractivity (Wildman–Crippen MR) is 91.9 cm³/mol. The zero-order valence-electron chi connectivity index (χ0n) is 12.8. The Kier molecular flexibility index (Phi) is 3.43. The van der Waals surface area contributed by atoms with E-state index in [0.717, 1.165) is 34.9 Å². The van der Waals surface area contributed by atoms with Crippen LogP contribution in [0.4, 0.5) is 0 Å². The van der Waals surface area contributed by atoms with Crippen molar-refractivity contribution in [1.29, 1.82) is 0 Å². The second-order valence-corrected chi connectivity index (χ2v) is 6.13. The van der Waals surface area contributed by atoms with Crippen molar-refractivity contribution in [2.24, 2.45) is 0 Å². The van der Waals surface area contributed by atoms with Gasteiger partial charge in [0, 0.05) is 11.6 Å². The lowest BCUT2D eigenvalue weighted by Crippen LogP contribution is -2.31. The number of hydrogen-bond acceptors (Lipinski definition) is 3. The maximum Gasteiger partial charge on any atom is 0.119 e. The number of aromatic hydroxyl groups is 2. The standard InChI is InChI=1S/C20H19NO2/c22-15-7-5-14-9-10-21-19(17(14)11-15)12-18-16-4-2-1-3-13(16)6-8-20(18)23/h1-8,11,19,21-23H,9-10,12H2. The van der Waals surface area contributed by atoms with Crippen LogP contribution in [0.5, 0.6) is 11.5 Å². The number of nitrogens with one attached hydrogen (secondary N) is 1. The molecule has 4 rings (SSSR count). The molecule has 0 aliphatic carbocycles. The van der Waals surface area contributed by atoms with Gasteiger partial charge in [-0.2, -0.15) is 0 Å². The molecule has 0 radical (unpaired) electrons. The van der Waals surface area contributed by atoms with E-state index in [-0.39, 0.29) is 6.04 Å². The topological polar surface area (TPSA) is 52.5 Å². The average Bonchev–Trinajstić information content (AvgIpc) is 2.58. The Balaban J connectivity index is 1.78. The summed E-state index contributed by atoms with van der Waals surface area (Å²) in [7, 11) is 0. The van der Waals surface area contributed by atoms with Crippen molar-refractivity contribution in [2.45, 2.75) is 18.9 Å². The van der Waals surface area contributed by atoms with E-state index in [4.69, 9.17) is 0 Å². The minimum Gasteiger partial charge on any atom is -0.508 e. The number of phenolic OH excluding ortho intramolecular Hbond substituents is 2. The summed E-state index contributed by atoms with van der Waals surface area (Å²) in [5.41, 5.74) is 3.35. The zero-order valence-corrected chi connectivity index (χ0v) is 12.8. The van der Waals surface area contributed by atoms with Gasteiger partial charge in [-0.05, 0) is 59.5 Å². The molecule has 0 saturated heterocycles. The van der Waals surface area contributed by atoms with E-state index in [1.165, 1.54) is 5.56 Å². The molecule has 0 amide bonds. The van der Waals surface area contributed by atoms with Gasteiger partial charge in [-0.3, -0.25) is 0 Å². The van der Waals surface area contributed by atoms with Crippen molar-refractivity contribution in [2.75, 3.05) is 6.54 Å². The normalized spacial score (nSPS) is 17.1. The number of benzene rings is 3. The fourth-order valence-electron chi connectivity index (χ4n) is 3.55. The van der Waals surface area contributed by atoms with Crippen LogP contribution >= 0.6 is 0 Å². The molecular weight excluding hydrogens is 286 g/mol. The van der Waals surface area contributed by atoms with Crippen LogP contribution in [0.1, 0.15) is 22.7 Å². The third kappa shape index (κ3) is 2.53. The fraction of sp³-hybridized carbons (Fsp3) is 0.200. The molecular formula is C20H19NO2. The largest absolute Gasteiger partial charge is 0.508 e. The van der Waals surface area contributed by atoms with Crippen LogP contribution in [0, 0.1) is 0 Å². The lowest BCUT2D eigenvalue weighted by atomic mass is 9.88. The summed E-state index contributed by atoms with van der Waals surface area (Å²) >= 11 is 0. The highest BCUT2D eigenvalue weighted by Gasteiger charge is 2.22. The van der Waals surface area contributed by atoms with Crippen molar-refractivity contribution in [1.82, 2.24) is 5.32 Å². The van der Waals surface area contributed by atoms with Crippen LogP contribution in [0.2, 0.25) is 0 Å². The van der Waals surface area contributed by atoms with Gasteiger partial charge in [-0.1, -0.05) is 36.4 Å². The summed E-state index contributed by atoms with van der Waals surface area (Å²) in [4.78, 5) is 0. The maximum absolute atomic E-state index is 10.4. The third-order valence-corrected chi connectivity index (χ3v) is 4.71. The molecule has 0 bridgehead atoms. The average molecular weight is 305 g/mol. The monoisotopic (exact) mass is 305 g/mol. The minimum absolute atomic E-state index is 0.0996. The van der Waals surface area contributed by atoms with Crippen molar-refractivity contribution < 1.29 is 10.2 Å². The highest BCUT2D eigenvalue weighted by atomic mass is 16.3. The van der Waals surface area contributed by atoms with Crippen LogP contribution in [0.15, 0.2) is 54.6 Å². The molecule has 0 spiro atoms. The summed E-state index contributed by atoms with van der Waals surface area (Å²) in [6, 6.07) is 17.5. The highest BCUT2D eigenvalue weighted by molar-refractivity contribution is 5.87. The Morgan fingerprint density at radius 3 is 2.78 bits per heavy atom. The van der Waals surface area contributed by atoms with Gasteiger partial charge in [0.15, 0.2) is 0 Å². The molecule has 1 aliphatic rings. The van der Waals surface area contributed by atoms with E-state index in [9.17, 15) is 10.2 Å². The molecule has 3 N–H and O–H groups in total. The van der Waals surface area contributed by atoms with E-state index >= 15 is 0 Å². The Bertz CT molecular complexity index is 873. The number of rotatable bonds is 2. The van der Waals surface area contributed by atoms with Crippen LogP contribution in [0.3, 0.4) is 0 Å². The molecule has 3 aromatic carbocycles. The quantitative estimate of drug-likeness (QED) is 0.677. The van der Waals surface area contributed by atoms with Gasteiger partial charge in [-0.25, -0.2) is 0 Å².